The number of aliphatic carboxylic acids is 1. The predicted molar refractivity (Wildman–Crippen MR) is 48.1 cm³/mol. The van der Waals surface area contributed by atoms with E-state index in [-0.39, 0.29) is 6.04 Å². The van der Waals surface area contributed by atoms with Crippen molar-refractivity contribution in [3.8, 4) is 12.3 Å². The molecule has 0 rings (SSSR count). The maximum atomic E-state index is 12.6. The largest absolute Gasteiger partial charge is 0.477 e. The Morgan fingerprint density at radius 2 is 2.29 bits per heavy atom. The van der Waals surface area contributed by atoms with Crippen LogP contribution in [0.5, 0.6) is 0 Å². The van der Waals surface area contributed by atoms with Gasteiger partial charge in [0.1, 0.15) is 0 Å². The first-order valence-electron chi connectivity index (χ1n) is 4.22. The molecular formula is C9H13F2NO2. The molecule has 0 saturated heterocycles. The van der Waals surface area contributed by atoms with E-state index in [9.17, 15) is 13.6 Å². The molecule has 0 bridgehead atoms. The van der Waals surface area contributed by atoms with Gasteiger partial charge in [0.15, 0.2) is 0 Å². The molecule has 14 heavy (non-hydrogen) atoms. The summed E-state index contributed by atoms with van der Waals surface area (Å²) in [4.78, 5) is 10.0. The maximum absolute atomic E-state index is 12.6. The molecule has 1 atom stereocenters. The number of hydrogen-bond donors (Lipinski definition) is 2. The van der Waals surface area contributed by atoms with Crippen molar-refractivity contribution in [2.24, 2.45) is 0 Å². The van der Waals surface area contributed by atoms with Gasteiger partial charge in [-0.25, -0.2) is 4.79 Å². The number of terminal acetylenes is 1. The van der Waals surface area contributed by atoms with Crippen molar-refractivity contribution in [1.29, 1.82) is 0 Å². The highest BCUT2D eigenvalue weighted by Crippen LogP contribution is 2.12. The SMILES string of the molecule is C#CCC(CC)NCC(F)(F)C(=O)O. The van der Waals surface area contributed by atoms with Gasteiger partial charge in [-0.3, -0.25) is 0 Å². The first-order valence-corrected chi connectivity index (χ1v) is 4.22. The Balaban J connectivity index is 4.03. The van der Waals surface area contributed by atoms with Crippen LogP contribution < -0.4 is 5.32 Å². The second-order valence-corrected chi connectivity index (χ2v) is 2.90. The lowest BCUT2D eigenvalue weighted by Gasteiger charge is -2.17. The average molecular weight is 205 g/mol. The van der Waals surface area contributed by atoms with E-state index in [1.807, 2.05) is 0 Å². The first-order chi connectivity index (χ1) is 6.44. The number of carboxylic acid groups (broad SMARTS) is 1. The van der Waals surface area contributed by atoms with Crippen molar-refractivity contribution in [1.82, 2.24) is 5.32 Å². The molecule has 0 aliphatic rings. The molecule has 0 radical (unpaired) electrons. The Morgan fingerprint density at radius 1 is 1.71 bits per heavy atom. The van der Waals surface area contributed by atoms with Gasteiger partial charge in [-0.15, -0.1) is 12.3 Å². The van der Waals surface area contributed by atoms with Gasteiger partial charge < -0.3 is 10.4 Å². The minimum Gasteiger partial charge on any atom is -0.477 e. The molecule has 3 nitrogen and oxygen atoms in total. The number of halogens is 2. The van der Waals surface area contributed by atoms with Crippen molar-refractivity contribution < 1.29 is 18.7 Å². The molecule has 5 heteroatoms. The smallest absolute Gasteiger partial charge is 0.375 e. The number of rotatable bonds is 6. The lowest BCUT2D eigenvalue weighted by atomic mass is 10.1. The fraction of sp³-hybridized carbons (Fsp3) is 0.667. The molecule has 0 aromatic carbocycles. The Hall–Kier alpha value is -1.15. The highest BCUT2D eigenvalue weighted by atomic mass is 19.3. The topological polar surface area (TPSA) is 49.3 Å². The molecule has 2 N–H and O–H groups in total. The lowest BCUT2D eigenvalue weighted by Crippen LogP contribution is -2.43. The normalized spacial score (nSPS) is 13.3. The molecule has 0 aromatic rings. The van der Waals surface area contributed by atoms with E-state index in [4.69, 9.17) is 11.5 Å². The molecule has 0 aliphatic carbocycles. The third-order valence-corrected chi connectivity index (χ3v) is 1.78. The van der Waals surface area contributed by atoms with E-state index < -0.39 is 18.4 Å². The van der Waals surface area contributed by atoms with Crippen molar-refractivity contribution in [3.05, 3.63) is 0 Å². The quantitative estimate of drug-likeness (QED) is 0.638. The van der Waals surface area contributed by atoms with Crippen LogP contribution in [0.2, 0.25) is 0 Å². The van der Waals surface area contributed by atoms with Crippen LogP contribution in [0.4, 0.5) is 8.78 Å². The zero-order valence-corrected chi connectivity index (χ0v) is 7.89. The molecular weight excluding hydrogens is 192 g/mol. The third kappa shape index (κ3) is 4.19. The molecule has 0 saturated carbocycles. The fourth-order valence-corrected chi connectivity index (χ4v) is 0.851. The van der Waals surface area contributed by atoms with Gasteiger partial charge in [0.05, 0.1) is 6.54 Å². The molecule has 0 aromatic heterocycles. The molecule has 0 amide bonds. The molecule has 0 aliphatic heterocycles. The molecule has 0 heterocycles. The average Bonchev–Trinajstić information content (AvgIpc) is 2.12. The Bertz CT molecular complexity index is 235. The zero-order valence-electron chi connectivity index (χ0n) is 7.89. The van der Waals surface area contributed by atoms with Crippen LogP contribution in [0.1, 0.15) is 19.8 Å². The third-order valence-electron chi connectivity index (χ3n) is 1.78. The first kappa shape index (κ1) is 12.8. The fourth-order valence-electron chi connectivity index (χ4n) is 0.851. The second kappa shape index (κ2) is 5.55. The number of nitrogens with one attached hydrogen (secondary N) is 1. The van der Waals surface area contributed by atoms with Crippen LogP contribution in [0.25, 0.3) is 0 Å². The highest BCUT2D eigenvalue weighted by molar-refractivity contribution is 5.75. The van der Waals surface area contributed by atoms with E-state index in [0.717, 1.165) is 0 Å². The monoisotopic (exact) mass is 205 g/mol. The Morgan fingerprint density at radius 3 is 2.64 bits per heavy atom. The maximum Gasteiger partial charge on any atom is 0.375 e. The van der Waals surface area contributed by atoms with Crippen molar-refractivity contribution >= 4 is 5.97 Å². The van der Waals surface area contributed by atoms with Crippen LogP contribution >= 0.6 is 0 Å². The standard InChI is InChI=1S/C9H13F2NO2/c1-3-5-7(4-2)12-6-9(10,11)8(13)14/h1,7,12H,4-6H2,2H3,(H,13,14). The number of carbonyl (C=O) groups is 1. The summed E-state index contributed by atoms with van der Waals surface area (Å²) in [5.41, 5.74) is 0. The van der Waals surface area contributed by atoms with E-state index in [1.165, 1.54) is 0 Å². The van der Waals surface area contributed by atoms with E-state index >= 15 is 0 Å². The summed E-state index contributed by atoms with van der Waals surface area (Å²) in [6.45, 7) is 0.899. The van der Waals surface area contributed by atoms with Crippen molar-refractivity contribution in [2.45, 2.75) is 31.7 Å². The van der Waals surface area contributed by atoms with Crippen LogP contribution in [0, 0.1) is 12.3 Å². The lowest BCUT2D eigenvalue weighted by molar-refractivity contribution is -0.164. The Kier molecular flexibility index (Phi) is 5.10. The number of carboxylic acids is 1. The summed E-state index contributed by atoms with van der Waals surface area (Å²) in [6.07, 6.45) is 5.91. The summed E-state index contributed by atoms with van der Waals surface area (Å²) in [5.74, 6) is -3.53. The molecule has 1 unspecified atom stereocenters. The predicted octanol–water partition coefficient (Wildman–Crippen LogP) is 1.10. The Labute approximate surface area is 81.5 Å². The minimum atomic E-state index is -3.73. The number of alkyl halides is 2. The van der Waals surface area contributed by atoms with Gasteiger partial charge in [-0.05, 0) is 6.42 Å². The van der Waals surface area contributed by atoms with Crippen LogP contribution in [-0.4, -0.2) is 29.6 Å². The minimum absolute atomic E-state index is 0.259. The summed E-state index contributed by atoms with van der Waals surface area (Å²) in [7, 11) is 0. The van der Waals surface area contributed by atoms with Crippen molar-refractivity contribution in [2.75, 3.05) is 6.54 Å². The zero-order chi connectivity index (χ0) is 11.2. The molecule has 0 fully saturated rings. The van der Waals surface area contributed by atoms with E-state index in [2.05, 4.69) is 11.2 Å². The van der Waals surface area contributed by atoms with Gasteiger partial charge in [0, 0.05) is 12.5 Å². The van der Waals surface area contributed by atoms with Gasteiger partial charge in [0.25, 0.3) is 0 Å². The van der Waals surface area contributed by atoms with E-state index in [0.29, 0.717) is 12.8 Å². The summed E-state index contributed by atoms with van der Waals surface area (Å²) >= 11 is 0. The molecule has 80 valence electrons. The van der Waals surface area contributed by atoms with Gasteiger partial charge >= 0.3 is 11.9 Å². The summed E-state index contributed by atoms with van der Waals surface area (Å²) < 4.78 is 25.1. The molecule has 0 spiro atoms. The van der Waals surface area contributed by atoms with Gasteiger partial charge in [-0.2, -0.15) is 8.78 Å². The second-order valence-electron chi connectivity index (χ2n) is 2.90. The van der Waals surface area contributed by atoms with Gasteiger partial charge in [0.2, 0.25) is 0 Å². The highest BCUT2D eigenvalue weighted by Gasteiger charge is 2.38. The number of hydrogen-bond acceptors (Lipinski definition) is 2. The van der Waals surface area contributed by atoms with Crippen LogP contribution in [0.3, 0.4) is 0 Å². The van der Waals surface area contributed by atoms with E-state index in [1.54, 1.807) is 6.92 Å². The summed E-state index contributed by atoms with van der Waals surface area (Å²) in [5, 5.41) is 10.5. The van der Waals surface area contributed by atoms with Crippen LogP contribution in [0.15, 0.2) is 0 Å². The van der Waals surface area contributed by atoms with Gasteiger partial charge in [-0.1, -0.05) is 6.92 Å². The van der Waals surface area contributed by atoms with Crippen molar-refractivity contribution in [3.63, 3.8) is 0 Å². The van der Waals surface area contributed by atoms with Crippen LogP contribution in [-0.2, 0) is 4.79 Å². The summed E-state index contributed by atoms with van der Waals surface area (Å²) in [6, 6.07) is -0.259.